The zero-order valence-electron chi connectivity index (χ0n) is 11.2. The van der Waals surface area contributed by atoms with Crippen LogP contribution in [0.5, 0.6) is 0 Å². The third-order valence-electron chi connectivity index (χ3n) is 3.35. The van der Waals surface area contributed by atoms with Gasteiger partial charge in [0.05, 0.1) is 6.10 Å². The van der Waals surface area contributed by atoms with Crippen molar-refractivity contribution in [3.8, 4) is 0 Å². The van der Waals surface area contributed by atoms with Crippen molar-refractivity contribution in [2.75, 3.05) is 19.9 Å². The van der Waals surface area contributed by atoms with Gasteiger partial charge < -0.3 is 24.8 Å². The lowest BCUT2D eigenvalue weighted by Crippen LogP contribution is -2.37. The molecule has 2 aliphatic rings. The highest BCUT2D eigenvalue weighted by atomic mass is 16.8. The minimum absolute atomic E-state index is 0.259. The van der Waals surface area contributed by atoms with Crippen LogP contribution in [0.1, 0.15) is 20.3 Å². The van der Waals surface area contributed by atoms with E-state index in [2.05, 4.69) is 15.4 Å². The molecule has 2 saturated heterocycles. The van der Waals surface area contributed by atoms with Crippen molar-refractivity contribution >= 4 is 12.1 Å². The Morgan fingerprint density at radius 2 is 2.05 bits per heavy atom. The molecule has 0 aromatic heterocycles. The highest BCUT2D eigenvalue weighted by molar-refractivity contribution is 5.77. The Kier molecular flexibility index (Phi) is 4.60. The van der Waals surface area contributed by atoms with Gasteiger partial charge in [-0.2, -0.15) is 0 Å². The van der Waals surface area contributed by atoms with Crippen LogP contribution >= 0.6 is 0 Å². The topological polar surface area (TPSA) is 85.9 Å². The van der Waals surface area contributed by atoms with E-state index in [1.165, 1.54) is 0 Å². The fraction of sp³-hybridized carbons (Fsp3) is 0.833. The molecular weight excluding hydrogens is 252 g/mol. The summed E-state index contributed by atoms with van der Waals surface area (Å²) in [6.45, 7) is 4.71. The second-order valence-electron chi connectivity index (χ2n) is 5.04. The third kappa shape index (κ3) is 3.57. The smallest absolute Gasteiger partial charge is 0.431 e. The van der Waals surface area contributed by atoms with E-state index in [0.717, 1.165) is 19.5 Å². The first kappa shape index (κ1) is 14.1. The predicted molar refractivity (Wildman–Crippen MR) is 65.3 cm³/mol. The van der Waals surface area contributed by atoms with Gasteiger partial charge in [-0.3, -0.25) is 4.79 Å². The minimum atomic E-state index is -0.831. The summed E-state index contributed by atoms with van der Waals surface area (Å²) in [4.78, 5) is 22.9. The number of esters is 1. The molecule has 108 valence electrons. The number of rotatable bonds is 4. The Morgan fingerprint density at radius 1 is 1.26 bits per heavy atom. The maximum atomic E-state index is 11.8. The lowest BCUT2D eigenvalue weighted by molar-refractivity contribution is -0.156. The molecular formula is C12H20N2O5. The average Bonchev–Trinajstić information content (AvgIpc) is 2.88. The molecule has 0 radical (unpaired) electrons. The Morgan fingerprint density at radius 3 is 2.79 bits per heavy atom. The molecule has 3 atom stereocenters. The van der Waals surface area contributed by atoms with Crippen molar-refractivity contribution in [3.63, 3.8) is 0 Å². The second-order valence-corrected chi connectivity index (χ2v) is 5.04. The number of nitrogens with one attached hydrogen (secondary N) is 2. The van der Waals surface area contributed by atoms with Gasteiger partial charge in [-0.25, -0.2) is 4.79 Å². The van der Waals surface area contributed by atoms with Crippen molar-refractivity contribution in [3.05, 3.63) is 0 Å². The number of fused-ring (bicyclic) bond motifs is 1. The Bertz CT molecular complexity index is 347. The van der Waals surface area contributed by atoms with Crippen LogP contribution in [-0.4, -0.2) is 50.2 Å². The van der Waals surface area contributed by atoms with Crippen LogP contribution in [0.2, 0.25) is 0 Å². The van der Waals surface area contributed by atoms with Gasteiger partial charge in [-0.1, -0.05) is 0 Å². The summed E-state index contributed by atoms with van der Waals surface area (Å²) >= 11 is 0. The van der Waals surface area contributed by atoms with Gasteiger partial charge in [0.1, 0.15) is 6.04 Å². The van der Waals surface area contributed by atoms with E-state index >= 15 is 0 Å². The Labute approximate surface area is 112 Å². The molecule has 0 bridgehead atoms. The fourth-order valence-corrected chi connectivity index (χ4v) is 2.53. The van der Waals surface area contributed by atoms with Crippen molar-refractivity contribution < 1.29 is 23.8 Å². The maximum Gasteiger partial charge on any atom is 0.511 e. The monoisotopic (exact) mass is 272 g/mol. The molecule has 0 saturated carbocycles. The molecule has 0 spiro atoms. The van der Waals surface area contributed by atoms with Crippen molar-refractivity contribution in [1.29, 1.82) is 0 Å². The quantitative estimate of drug-likeness (QED) is 0.550. The molecule has 7 heteroatoms. The highest BCUT2D eigenvalue weighted by Crippen LogP contribution is 2.25. The number of hydrogen-bond donors (Lipinski definition) is 2. The van der Waals surface area contributed by atoms with Gasteiger partial charge in [0.2, 0.25) is 6.79 Å². The zero-order valence-corrected chi connectivity index (χ0v) is 11.2. The highest BCUT2D eigenvalue weighted by Gasteiger charge is 2.43. The summed E-state index contributed by atoms with van der Waals surface area (Å²) in [5, 5.41) is 6.44. The number of hydrogen-bond acceptors (Lipinski definition) is 7. The summed E-state index contributed by atoms with van der Waals surface area (Å²) in [6, 6.07) is 0.0223. The van der Waals surface area contributed by atoms with E-state index in [0.29, 0.717) is 6.04 Å². The van der Waals surface area contributed by atoms with Gasteiger partial charge in [-0.05, 0) is 26.8 Å². The van der Waals surface area contributed by atoms with E-state index in [-0.39, 0.29) is 24.0 Å². The number of carbonyl (C=O) groups excluding carboxylic acids is 2. The molecule has 0 unspecified atom stereocenters. The van der Waals surface area contributed by atoms with Crippen LogP contribution in [-0.2, 0) is 19.0 Å². The molecule has 2 rings (SSSR count). The third-order valence-corrected chi connectivity index (χ3v) is 3.35. The van der Waals surface area contributed by atoms with E-state index < -0.39 is 12.9 Å². The van der Waals surface area contributed by atoms with Crippen molar-refractivity contribution in [1.82, 2.24) is 10.6 Å². The Balaban J connectivity index is 1.69. The molecule has 2 heterocycles. The van der Waals surface area contributed by atoms with Gasteiger partial charge in [0, 0.05) is 18.5 Å². The van der Waals surface area contributed by atoms with Gasteiger partial charge in [-0.15, -0.1) is 0 Å². The summed E-state index contributed by atoms with van der Waals surface area (Å²) < 4.78 is 14.3. The molecule has 0 amide bonds. The summed E-state index contributed by atoms with van der Waals surface area (Å²) in [7, 11) is 0. The van der Waals surface area contributed by atoms with Crippen LogP contribution in [0.25, 0.3) is 0 Å². The van der Waals surface area contributed by atoms with Crippen LogP contribution in [0.3, 0.4) is 0 Å². The zero-order chi connectivity index (χ0) is 13.8. The normalized spacial score (nSPS) is 29.1. The number of ether oxygens (including phenoxy) is 3. The van der Waals surface area contributed by atoms with Gasteiger partial charge in [0.25, 0.3) is 0 Å². The second kappa shape index (κ2) is 6.21. The molecule has 2 aliphatic heterocycles. The van der Waals surface area contributed by atoms with E-state index in [4.69, 9.17) is 9.47 Å². The first-order valence-electron chi connectivity index (χ1n) is 6.54. The summed E-state index contributed by atoms with van der Waals surface area (Å²) in [6.07, 6.45) is -0.138. The minimum Gasteiger partial charge on any atom is -0.431 e. The predicted octanol–water partition coefficient (Wildman–Crippen LogP) is -0.00140. The van der Waals surface area contributed by atoms with Crippen LogP contribution < -0.4 is 10.6 Å². The summed E-state index contributed by atoms with van der Waals surface area (Å²) in [5.41, 5.74) is 0. The van der Waals surface area contributed by atoms with Crippen molar-refractivity contribution in [2.45, 2.75) is 38.5 Å². The van der Waals surface area contributed by atoms with Crippen LogP contribution in [0, 0.1) is 5.92 Å². The SMILES string of the molecule is CC(C)OC(=O)OCOC(=O)[C@@H]1NC[C@@H]2NCC[C@@H]21. The summed E-state index contributed by atoms with van der Waals surface area (Å²) in [5.74, 6) is -0.122. The van der Waals surface area contributed by atoms with Gasteiger partial charge in [0.15, 0.2) is 0 Å². The molecule has 7 nitrogen and oxygen atoms in total. The first-order chi connectivity index (χ1) is 9.08. The fourth-order valence-electron chi connectivity index (χ4n) is 2.53. The largest absolute Gasteiger partial charge is 0.511 e. The Hall–Kier alpha value is -1.34. The molecule has 19 heavy (non-hydrogen) atoms. The van der Waals surface area contributed by atoms with E-state index in [1.54, 1.807) is 13.8 Å². The van der Waals surface area contributed by atoms with Crippen LogP contribution in [0.4, 0.5) is 4.79 Å². The maximum absolute atomic E-state index is 11.8. The lowest BCUT2D eigenvalue weighted by Gasteiger charge is -2.16. The van der Waals surface area contributed by atoms with Gasteiger partial charge >= 0.3 is 12.1 Å². The van der Waals surface area contributed by atoms with E-state index in [9.17, 15) is 9.59 Å². The number of carbonyl (C=O) groups is 2. The molecule has 0 aromatic rings. The lowest BCUT2D eigenvalue weighted by atomic mass is 9.97. The molecule has 2 fully saturated rings. The average molecular weight is 272 g/mol. The molecule has 0 aromatic carbocycles. The van der Waals surface area contributed by atoms with E-state index in [1.807, 2.05) is 0 Å². The molecule has 0 aliphatic carbocycles. The standard InChI is InChI=1S/C12H20N2O5/c1-7(2)19-12(16)18-6-17-11(15)10-8-3-4-13-9(8)5-14-10/h7-10,13-14H,3-6H2,1-2H3/t8-,9-,10+/m0/s1. The van der Waals surface area contributed by atoms with Crippen molar-refractivity contribution in [2.24, 2.45) is 5.92 Å². The molecule has 2 N–H and O–H groups in total. The first-order valence-corrected chi connectivity index (χ1v) is 6.54. The van der Waals surface area contributed by atoms with Crippen LogP contribution in [0.15, 0.2) is 0 Å².